The van der Waals surface area contributed by atoms with Crippen LogP contribution in [0, 0.1) is 0 Å². The largest absolute Gasteiger partial charge is 0.408 e. The van der Waals surface area contributed by atoms with Gasteiger partial charge in [-0.1, -0.05) is 6.92 Å². The Bertz CT molecular complexity index is 1100. The van der Waals surface area contributed by atoms with Crippen molar-refractivity contribution in [2.75, 3.05) is 16.0 Å². The van der Waals surface area contributed by atoms with Crippen LogP contribution in [0.4, 0.5) is 24.7 Å². The smallest absolute Gasteiger partial charge is 0.367 e. The predicted octanol–water partition coefficient (Wildman–Crippen LogP) is 2.42. The molecule has 2 unspecified atom stereocenters. The highest BCUT2D eigenvalue weighted by Gasteiger charge is 2.46. The molecule has 0 bridgehead atoms. The lowest BCUT2D eigenvalue weighted by Gasteiger charge is -2.40. The Morgan fingerprint density at radius 1 is 1.32 bits per heavy atom. The Morgan fingerprint density at radius 3 is 2.61 bits per heavy atom. The molecule has 2 aromatic rings. The van der Waals surface area contributed by atoms with Crippen LogP contribution in [0.25, 0.3) is 0 Å². The molecule has 2 N–H and O–H groups in total. The van der Waals surface area contributed by atoms with Crippen molar-refractivity contribution < 1.29 is 26.7 Å². The van der Waals surface area contributed by atoms with Gasteiger partial charge in [-0.25, -0.2) is 13.4 Å². The van der Waals surface area contributed by atoms with Gasteiger partial charge in [-0.3, -0.25) is 9.98 Å². The minimum Gasteiger partial charge on any atom is -0.367 e. The fraction of sp³-hybridized carbons (Fsp3) is 0.412. The Hall–Kier alpha value is -2.51. The molecular formula is C17H18ClF3N6O3S. The molecule has 3 heterocycles. The van der Waals surface area contributed by atoms with Gasteiger partial charge in [-0.2, -0.15) is 18.2 Å². The first-order valence-electron chi connectivity index (χ1n) is 8.98. The van der Waals surface area contributed by atoms with E-state index in [-0.39, 0.29) is 39.8 Å². The summed E-state index contributed by atoms with van der Waals surface area (Å²) in [5, 5.41) is 13.0. The quantitative estimate of drug-likeness (QED) is 0.628. The van der Waals surface area contributed by atoms with Crippen molar-refractivity contribution in [2.24, 2.45) is 4.99 Å². The number of nitrogens with zero attached hydrogens (tertiary/aromatic N) is 5. The summed E-state index contributed by atoms with van der Waals surface area (Å²) >= 11 is 5.72. The Balaban J connectivity index is 1.91. The van der Waals surface area contributed by atoms with Gasteiger partial charge in [0.15, 0.2) is 27.7 Å². The van der Waals surface area contributed by atoms with Gasteiger partial charge in [0.2, 0.25) is 5.28 Å². The molecule has 0 amide bonds. The predicted molar refractivity (Wildman–Crippen MR) is 108 cm³/mol. The van der Waals surface area contributed by atoms with Gasteiger partial charge in [0.1, 0.15) is 11.7 Å². The normalized spacial score (nSPS) is 19.1. The fourth-order valence-electron chi connectivity index (χ4n) is 2.78. The summed E-state index contributed by atoms with van der Waals surface area (Å²) in [5.74, 6) is -0.476. The molecular weight excluding hydrogens is 461 g/mol. The minimum atomic E-state index is -4.67. The molecule has 0 aliphatic carbocycles. The number of anilines is 2. The summed E-state index contributed by atoms with van der Waals surface area (Å²) in [4.78, 5) is 16.4. The van der Waals surface area contributed by atoms with Crippen LogP contribution < -0.4 is 10.2 Å². The average molecular weight is 479 g/mol. The maximum absolute atomic E-state index is 13.4. The second kappa shape index (κ2) is 8.55. The van der Waals surface area contributed by atoms with E-state index in [4.69, 9.17) is 11.6 Å². The number of rotatable bonds is 5. The van der Waals surface area contributed by atoms with Crippen molar-refractivity contribution in [1.29, 1.82) is 0 Å². The minimum absolute atomic E-state index is 0.0513. The molecule has 0 saturated carbocycles. The second-order valence-corrected chi connectivity index (χ2v) is 9.21. The number of aliphatic hydroxyl groups is 1. The number of nitrogens with one attached hydrogen (secondary N) is 1. The number of hydrogen-bond acceptors (Lipinski definition) is 8. The first kappa shape index (κ1) is 23.2. The van der Waals surface area contributed by atoms with E-state index in [0.29, 0.717) is 10.6 Å². The molecule has 3 rings (SSSR count). The van der Waals surface area contributed by atoms with Crippen LogP contribution in [0.5, 0.6) is 0 Å². The van der Waals surface area contributed by atoms with Gasteiger partial charge in [0.05, 0.1) is 29.1 Å². The van der Waals surface area contributed by atoms with Crippen LogP contribution >= 0.6 is 11.6 Å². The van der Waals surface area contributed by atoms with E-state index in [0.717, 1.165) is 6.92 Å². The zero-order chi connectivity index (χ0) is 23.0. The molecule has 2 atom stereocenters. The van der Waals surface area contributed by atoms with E-state index in [1.807, 2.05) is 0 Å². The van der Waals surface area contributed by atoms with Gasteiger partial charge in [0, 0.05) is 6.20 Å². The van der Waals surface area contributed by atoms with Crippen molar-refractivity contribution in [1.82, 2.24) is 15.0 Å². The average Bonchev–Trinajstić information content (AvgIpc) is 2.71. The van der Waals surface area contributed by atoms with Gasteiger partial charge in [-0.15, -0.1) is 0 Å². The van der Waals surface area contributed by atoms with E-state index in [1.165, 1.54) is 31.5 Å². The highest BCUT2D eigenvalue weighted by atomic mass is 35.5. The van der Waals surface area contributed by atoms with Gasteiger partial charge in [0.25, 0.3) is 0 Å². The standard InChI is InChI=1S/C17H18ClF3N6O3S/c1-3-31(29,30)11-5-4-10(22-7-11)6-23-13-15(28)27(9(2)17(19,20)21)14-12(25-13)8-24-16(18)26-14/h4-5,7-9,15,28H,3,6H2,1-2H3,(H,23,25). The van der Waals surface area contributed by atoms with E-state index >= 15 is 0 Å². The van der Waals surface area contributed by atoms with E-state index in [1.54, 1.807) is 0 Å². The molecule has 0 aromatic carbocycles. The van der Waals surface area contributed by atoms with Gasteiger partial charge < -0.3 is 15.3 Å². The number of alkyl halides is 3. The molecule has 1 aliphatic heterocycles. The summed E-state index contributed by atoms with van der Waals surface area (Å²) < 4.78 is 63.9. The first-order chi connectivity index (χ1) is 14.4. The van der Waals surface area contributed by atoms with Crippen LogP contribution in [-0.2, 0) is 16.4 Å². The van der Waals surface area contributed by atoms with Crippen molar-refractivity contribution in [3.05, 3.63) is 35.5 Å². The SMILES string of the molecule is CCS(=O)(=O)c1ccc(CN=C2Nc3cnc(Cl)nc3N(C(C)C(F)(F)F)C2O)nc1. The summed E-state index contributed by atoms with van der Waals surface area (Å²) in [6.45, 7) is 2.26. The Labute approximate surface area is 180 Å². The lowest BCUT2D eigenvalue weighted by atomic mass is 10.2. The number of hydrogen-bond donors (Lipinski definition) is 2. The monoisotopic (exact) mass is 478 g/mol. The topological polar surface area (TPSA) is 121 Å². The van der Waals surface area contributed by atoms with Crippen molar-refractivity contribution >= 4 is 38.8 Å². The summed E-state index contributed by atoms with van der Waals surface area (Å²) in [6.07, 6.45) is -4.09. The lowest BCUT2D eigenvalue weighted by Crippen LogP contribution is -2.56. The number of aliphatic imine (C=N–C) groups is 1. The van der Waals surface area contributed by atoms with Gasteiger partial charge >= 0.3 is 6.18 Å². The molecule has 0 saturated heterocycles. The number of aromatic nitrogens is 3. The van der Waals surface area contributed by atoms with Crippen molar-refractivity contribution in [2.45, 2.75) is 43.7 Å². The third kappa shape index (κ3) is 4.88. The van der Waals surface area contributed by atoms with Crippen LogP contribution in [0.1, 0.15) is 19.5 Å². The molecule has 0 spiro atoms. The highest BCUT2D eigenvalue weighted by Crippen LogP contribution is 2.36. The van der Waals surface area contributed by atoms with Crippen LogP contribution in [0.2, 0.25) is 5.28 Å². The third-order valence-electron chi connectivity index (χ3n) is 4.59. The number of sulfone groups is 1. The number of halogens is 4. The molecule has 14 heteroatoms. The summed E-state index contributed by atoms with van der Waals surface area (Å²) in [6, 6.07) is 0.709. The van der Waals surface area contributed by atoms with Crippen LogP contribution in [0.15, 0.2) is 34.4 Å². The number of aliphatic hydroxyl groups excluding tert-OH is 1. The molecule has 2 aromatic heterocycles. The molecule has 0 radical (unpaired) electrons. The maximum Gasteiger partial charge on any atom is 0.408 e. The zero-order valence-electron chi connectivity index (χ0n) is 16.3. The number of pyridine rings is 1. The molecule has 168 valence electrons. The lowest BCUT2D eigenvalue weighted by molar-refractivity contribution is -0.148. The third-order valence-corrected chi connectivity index (χ3v) is 6.50. The van der Waals surface area contributed by atoms with E-state index < -0.39 is 28.3 Å². The van der Waals surface area contributed by atoms with Crippen molar-refractivity contribution in [3.8, 4) is 0 Å². The molecule has 31 heavy (non-hydrogen) atoms. The highest BCUT2D eigenvalue weighted by molar-refractivity contribution is 7.91. The Kier molecular flexibility index (Phi) is 6.39. The maximum atomic E-state index is 13.4. The summed E-state index contributed by atoms with van der Waals surface area (Å²) in [7, 11) is -3.42. The second-order valence-electron chi connectivity index (χ2n) is 6.59. The van der Waals surface area contributed by atoms with Crippen LogP contribution in [-0.4, -0.2) is 58.5 Å². The van der Waals surface area contributed by atoms with Crippen molar-refractivity contribution in [3.63, 3.8) is 0 Å². The molecule has 0 fully saturated rings. The summed E-state index contributed by atoms with van der Waals surface area (Å²) in [5.41, 5.74) is 0.437. The van der Waals surface area contributed by atoms with E-state index in [9.17, 15) is 26.7 Å². The zero-order valence-corrected chi connectivity index (χ0v) is 17.9. The van der Waals surface area contributed by atoms with Crippen LogP contribution in [0.3, 0.4) is 0 Å². The van der Waals surface area contributed by atoms with E-state index in [2.05, 4.69) is 25.3 Å². The number of fused-ring (bicyclic) bond motifs is 1. The molecule has 1 aliphatic rings. The molecule has 9 nitrogen and oxygen atoms in total. The Morgan fingerprint density at radius 2 is 2.03 bits per heavy atom. The number of amidine groups is 1. The fourth-order valence-corrected chi connectivity index (χ4v) is 3.73. The first-order valence-corrected chi connectivity index (χ1v) is 11.0. The van der Waals surface area contributed by atoms with Gasteiger partial charge in [-0.05, 0) is 30.7 Å².